The quantitative estimate of drug-likeness (QED) is 0.609. The molecule has 0 fully saturated rings. The molecule has 1 aromatic rings. The van der Waals surface area contributed by atoms with Crippen LogP contribution < -0.4 is 0 Å². The molecule has 0 heterocycles. The minimum Gasteiger partial charge on any atom is -0.466 e. The van der Waals surface area contributed by atoms with Gasteiger partial charge in [0.1, 0.15) is 0 Å². The molecule has 1 rings (SSSR count). The van der Waals surface area contributed by atoms with E-state index < -0.39 is 6.10 Å². The molecule has 0 saturated heterocycles. The van der Waals surface area contributed by atoms with Crippen molar-refractivity contribution < 1.29 is 14.6 Å². The Morgan fingerprint density at radius 3 is 2.94 bits per heavy atom. The van der Waals surface area contributed by atoms with E-state index in [9.17, 15) is 9.90 Å². The number of aliphatic hydroxyl groups excluding tert-OH is 1. The van der Waals surface area contributed by atoms with Crippen molar-refractivity contribution in [1.29, 1.82) is 0 Å². The molecule has 1 unspecified atom stereocenters. The Labute approximate surface area is 113 Å². The van der Waals surface area contributed by atoms with Gasteiger partial charge in [0.05, 0.1) is 12.7 Å². The highest BCUT2D eigenvalue weighted by atomic mass is 35.5. The minimum atomic E-state index is -0.678. The van der Waals surface area contributed by atoms with E-state index in [1.807, 2.05) is 6.92 Å². The van der Waals surface area contributed by atoms with Gasteiger partial charge in [-0.3, -0.25) is 4.79 Å². The van der Waals surface area contributed by atoms with E-state index >= 15 is 0 Å². The van der Waals surface area contributed by atoms with E-state index in [1.165, 1.54) is 0 Å². The smallest absolute Gasteiger partial charge is 0.305 e. The number of unbranched alkanes of at least 4 members (excludes halogenated alkanes) is 1. The maximum Gasteiger partial charge on any atom is 0.305 e. The van der Waals surface area contributed by atoms with Crippen LogP contribution >= 0.6 is 11.6 Å². The maximum atomic E-state index is 11.4. The summed E-state index contributed by atoms with van der Waals surface area (Å²) >= 11 is 5.83. The van der Waals surface area contributed by atoms with E-state index in [2.05, 4.69) is 0 Å². The lowest BCUT2D eigenvalue weighted by atomic mass is 10.1. The van der Waals surface area contributed by atoms with Gasteiger partial charge in [0, 0.05) is 11.4 Å². The Morgan fingerprint density at radius 1 is 1.50 bits per heavy atom. The second kappa shape index (κ2) is 8.11. The maximum absolute atomic E-state index is 11.4. The fourth-order valence-electron chi connectivity index (χ4n) is 1.54. The van der Waals surface area contributed by atoms with Crippen LogP contribution in [0.25, 0.3) is 0 Å². The van der Waals surface area contributed by atoms with Crippen molar-refractivity contribution in [2.75, 3.05) is 6.61 Å². The molecule has 0 aromatic heterocycles. The molecule has 1 aromatic carbocycles. The molecule has 0 amide bonds. The van der Waals surface area contributed by atoms with Crippen molar-refractivity contribution >= 4 is 17.6 Å². The van der Waals surface area contributed by atoms with Crippen LogP contribution in [-0.2, 0) is 9.53 Å². The van der Waals surface area contributed by atoms with Gasteiger partial charge >= 0.3 is 5.97 Å². The first-order valence-electron chi connectivity index (χ1n) is 6.22. The molecule has 1 atom stereocenters. The second-order valence-electron chi connectivity index (χ2n) is 4.18. The van der Waals surface area contributed by atoms with Gasteiger partial charge < -0.3 is 9.84 Å². The molecule has 0 aliphatic rings. The molecular formula is C14H19ClO3. The molecule has 0 bridgehead atoms. The van der Waals surface area contributed by atoms with Crippen LogP contribution in [0.3, 0.4) is 0 Å². The SMILES string of the molecule is CCCCOC(=O)CCC(O)c1cccc(Cl)c1. The van der Waals surface area contributed by atoms with Crippen LogP contribution in [0.1, 0.15) is 44.3 Å². The number of carbonyl (C=O) groups excluding carboxylic acids is 1. The molecule has 100 valence electrons. The van der Waals surface area contributed by atoms with E-state index in [4.69, 9.17) is 16.3 Å². The summed E-state index contributed by atoms with van der Waals surface area (Å²) in [6, 6.07) is 7.02. The first-order chi connectivity index (χ1) is 8.63. The number of hydrogen-bond acceptors (Lipinski definition) is 3. The third-order valence-electron chi connectivity index (χ3n) is 2.62. The van der Waals surface area contributed by atoms with E-state index in [-0.39, 0.29) is 12.4 Å². The Kier molecular flexibility index (Phi) is 6.76. The number of hydrogen-bond donors (Lipinski definition) is 1. The monoisotopic (exact) mass is 270 g/mol. The van der Waals surface area contributed by atoms with E-state index in [0.29, 0.717) is 18.1 Å². The van der Waals surface area contributed by atoms with Gasteiger partial charge in [0.2, 0.25) is 0 Å². The molecule has 3 nitrogen and oxygen atoms in total. The molecule has 4 heteroatoms. The third kappa shape index (κ3) is 5.52. The summed E-state index contributed by atoms with van der Waals surface area (Å²) in [5.41, 5.74) is 0.726. The summed E-state index contributed by atoms with van der Waals surface area (Å²) in [5, 5.41) is 10.5. The standard InChI is InChI=1S/C14H19ClO3/c1-2-3-9-18-14(17)8-7-13(16)11-5-4-6-12(15)10-11/h4-6,10,13,16H,2-3,7-9H2,1H3. The van der Waals surface area contributed by atoms with Crippen molar-refractivity contribution in [3.05, 3.63) is 34.9 Å². The van der Waals surface area contributed by atoms with Gasteiger partial charge in [0.25, 0.3) is 0 Å². The lowest BCUT2D eigenvalue weighted by molar-refractivity contribution is -0.144. The predicted octanol–water partition coefficient (Wildman–Crippen LogP) is 3.50. The minimum absolute atomic E-state index is 0.220. The van der Waals surface area contributed by atoms with Gasteiger partial charge in [-0.2, -0.15) is 0 Å². The summed E-state index contributed by atoms with van der Waals surface area (Å²) in [5.74, 6) is -0.260. The number of carbonyl (C=O) groups is 1. The highest BCUT2D eigenvalue weighted by molar-refractivity contribution is 6.30. The van der Waals surface area contributed by atoms with Gasteiger partial charge in [0.15, 0.2) is 0 Å². The van der Waals surface area contributed by atoms with E-state index in [1.54, 1.807) is 24.3 Å². The van der Waals surface area contributed by atoms with Crippen molar-refractivity contribution in [2.45, 2.75) is 38.7 Å². The van der Waals surface area contributed by atoms with Crippen molar-refractivity contribution in [3.63, 3.8) is 0 Å². The zero-order valence-electron chi connectivity index (χ0n) is 10.6. The van der Waals surface area contributed by atoms with Crippen molar-refractivity contribution in [3.8, 4) is 0 Å². The van der Waals surface area contributed by atoms with Crippen molar-refractivity contribution in [2.24, 2.45) is 0 Å². The van der Waals surface area contributed by atoms with Crippen molar-refractivity contribution in [1.82, 2.24) is 0 Å². The van der Waals surface area contributed by atoms with Crippen LogP contribution in [0, 0.1) is 0 Å². The molecule has 18 heavy (non-hydrogen) atoms. The number of ether oxygens (including phenoxy) is 1. The lowest BCUT2D eigenvalue weighted by Crippen LogP contribution is -2.08. The van der Waals surface area contributed by atoms with Gasteiger partial charge in [-0.1, -0.05) is 37.1 Å². The first-order valence-corrected chi connectivity index (χ1v) is 6.60. The van der Waals surface area contributed by atoms with Crippen LogP contribution in [-0.4, -0.2) is 17.7 Å². The predicted molar refractivity (Wildman–Crippen MR) is 71.5 cm³/mol. The number of halogens is 1. The Hall–Kier alpha value is -1.06. The Morgan fingerprint density at radius 2 is 2.28 bits per heavy atom. The molecule has 0 aliphatic carbocycles. The molecule has 0 spiro atoms. The highest BCUT2D eigenvalue weighted by Crippen LogP contribution is 2.21. The van der Waals surface area contributed by atoms with Crippen LogP contribution in [0.4, 0.5) is 0 Å². The summed E-state index contributed by atoms with van der Waals surface area (Å²) in [6.07, 6.45) is 1.77. The first kappa shape index (κ1) is 15.0. The van der Waals surface area contributed by atoms with Crippen LogP contribution in [0.2, 0.25) is 5.02 Å². The number of aliphatic hydroxyl groups is 1. The van der Waals surface area contributed by atoms with E-state index in [0.717, 1.165) is 18.4 Å². The van der Waals surface area contributed by atoms with Gasteiger partial charge in [-0.15, -0.1) is 0 Å². The summed E-state index contributed by atoms with van der Waals surface area (Å²) in [4.78, 5) is 11.4. The lowest BCUT2D eigenvalue weighted by Gasteiger charge is -2.11. The van der Waals surface area contributed by atoms with Crippen LogP contribution in [0.15, 0.2) is 24.3 Å². The van der Waals surface area contributed by atoms with Gasteiger partial charge in [-0.25, -0.2) is 0 Å². The third-order valence-corrected chi connectivity index (χ3v) is 2.85. The molecule has 1 N–H and O–H groups in total. The summed E-state index contributed by atoms with van der Waals surface area (Å²) < 4.78 is 5.02. The zero-order valence-corrected chi connectivity index (χ0v) is 11.3. The fourth-order valence-corrected chi connectivity index (χ4v) is 1.74. The Balaban J connectivity index is 2.32. The Bertz CT molecular complexity index is 379. The molecule has 0 radical (unpaired) electrons. The zero-order chi connectivity index (χ0) is 13.4. The summed E-state index contributed by atoms with van der Waals surface area (Å²) in [6.45, 7) is 2.50. The normalized spacial score (nSPS) is 12.2. The number of rotatable bonds is 7. The van der Waals surface area contributed by atoms with Crippen LogP contribution in [0.5, 0.6) is 0 Å². The summed E-state index contributed by atoms with van der Waals surface area (Å²) in [7, 11) is 0. The average Bonchev–Trinajstić information content (AvgIpc) is 2.36. The topological polar surface area (TPSA) is 46.5 Å². The largest absolute Gasteiger partial charge is 0.466 e. The average molecular weight is 271 g/mol. The fraction of sp³-hybridized carbons (Fsp3) is 0.500. The van der Waals surface area contributed by atoms with Gasteiger partial charge in [-0.05, 0) is 30.5 Å². The second-order valence-corrected chi connectivity index (χ2v) is 4.62. The molecule has 0 aliphatic heterocycles. The molecule has 0 saturated carbocycles. The molecular weight excluding hydrogens is 252 g/mol. The number of esters is 1. The highest BCUT2D eigenvalue weighted by Gasteiger charge is 2.11. The number of benzene rings is 1.